The molecule has 0 aromatic heterocycles. The molecule has 0 unspecified atom stereocenters. The van der Waals surface area contributed by atoms with Crippen molar-refractivity contribution in [2.45, 2.75) is 0 Å². The molecule has 0 atom stereocenters. The number of hydrogen-bond donors (Lipinski definition) is 1. The Labute approximate surface area is 122 Å². The van der Waals surface area contributed by atoms with Gasteiger partial charge in [0.25, 0.3) is 0 Å². The average molecular weight is 291 g/mol. The van der Waals surface area contributed by atoms with Gasteiger partial charge in [-0.3, -0.25) is 0 Å². The van der Waals surface area contributed by atoms with Gasteiger partial charge in [-0.15, -0.1) is 0 Å². The summed E-state index contributed by atoms with van der Waals surface area (Å²) in [7, 11) is 0. The Morgan fingerprint density at radius 3 is 2.40 bits per heavy atom. The van der Waals surface area contributed by atoms with Gasteiger partial charge in [0, 0.05) is 0 Å². The molecule has 0 aliphatic carbocycles. The summed E-state index contributed by atoms with van der Waals surface area (Å²) < 4.78 is 24.5. The van der Waals surface area contributed by atoms with Crippen molar-refractivity contribution in [3.63, 3.8) is 0 Å². The molecular formula is C15H14FNO2S. The van der Waals surface area contributed by atoms with Gasteiger partial charge in [-0.1, -0.05) is 36.5 Å². The number of hydrogen-bond acceptors (Lipinski definition) is 3. The predicted molar refractivity (Wildman–Crippen MR) is 79.7 cm³/mol. The van der Waals surface area contributed by atoms with Crippen molar-refractivity contribution < 1.29 is 13.9 Å². The van der Waals surface area contributed by atoms with Gasteiger partial charge < -0.3 is 15.2 Å². The molecule has 0 fully saturated rings. The van der Waals surface area contributed by atoms with E-state index in [1.54, 1.807) is 12.1 Å². The highest BCUT2D eigenvalue weighted by molar-refractivity contribution is 7.80. The molecule has 0 saturated carbocycles. The van der Waals surface area contributed by atoms with Gasteiger partial charge >= 0.3 is 0 Å². The molecule has 104 valence electrons. The fraction of sp³-hybridized carbons (Fsp3) is 0.133. The highest BCUT2D eigenvalue weighted by Gasteiger charge is 2.12. The number of nitrogens with two attached hydrogens (primary N) is 1. The molecule has 5 heteroatoms. The van der Waals surface area contributed by atoms with Crippen LogP contribution in [0.2, 0.25) is 0 Å². The van der Waals surface area contributed by atoms with E-state index in [1.807, 2.05) is 30.3 Å². The predicted octanol–water partition coefficient (Wildman–Crippen LogP) is 2.92. The maximum atomic E-state index is 13.6. The minimum absolute atomic E-state index is 0.0259. The van der Waals surface area contributed by atoms with Crippen LogP contribution in [-0.4, -0.2) is 18.2 Å². The van der Waals surface area contributed by atoms with Crippen LogP contribution in [0.4, 0.5) is 4.39 Å². The standard InChI is InChI=1S/C15H14FNO2S/c16-12-7-4-8-13(14(12)15(17)20)19-10-9-18-11-5-2-1-3-6-11/h1-8H,9-10H2,(H2,17,20). The summed E-state index contributed by atoms with van der Waals surface area (Å²) in [5.41, 5.74) is 5.62. The molecule has 0 saturated heterocycles. The van der Waals surface area contributed by atoms with E-state index in [4.69, 9.17) is 27.4 Å². The monoisotopic (exact) mass is 291 g/mol. The van der Waals surface area contributed by atoms with Gasteiger partial charge in [0.2, 0.25) is 0 Å². The smallest absolute Gasteiger partial charge is 0.137 e. The fourth-order valence-electron chi connectivity index (χ4n) is 1.69. The molecule has 2 aromatic rings. The van der Waals surface area contributed by atoms with E-state index < -0.39 is 5.82 Å². The quantitative estimate of drug-likeness (QED) is 0.656. The molecule has 0 aliphatic rings. The molecule has 0 spiro atoms. The van der Waals surface area contributed by atoms with E-state index in [9.17, 15) is 4.39 Å². The summed E-state index contributed by atoms with van der Waals surface area (Å²) in [4.78, 5) is -0.0259. The van der Waals surface area contributed by atoms with Gasteiger partial charge in [-0.2, -0.15) is 0 Å². The number of benzene rings is 2. The molecule has 0 bridgehead atoms. The molecule has 0 amide bonds. The van der Waals surface area contributed by atoms with Crippen LogP contribution in [0, 0.1) is 5.82 Å². The first-order valence-corrected chi connectivity index (χ1v) is 6.48. The van der Waals surface area contributed by atoms with Crippen LogP contribution in [0.25, 0.3) is 0 Å². The minimum Gasteiger partial charge on any atom is -0.490 e. The Morgan fingerprint density at radius 2 is 1.70 bits per heavy atom. The number of ether oxygens (including phenoxy) is 2. The van der Waals surface area contributed by atoms with Crippen molar-refractivity contribution in [1.82, 2.24) is 0 Å². The van der Waals surface area contributed by atoms with E-state index in [-0.39, 0.29) is 17.2 Å². The van der Waals surface area contributed by atoms with Crippen LogP contribution >= 0.6 is 12.2 Å². The van der Waals surface area contributed by atoms with E-state index in [0.29, 0.717) is 12.4 Å². The van der Waals surface area contributed by atoms with Crippen LogP contribution in [0.1, 0.15) is 5.56 Å². The van der Waals surface area contributed by atoms with Crippen LogP contribution in [0.5, 0.6) is 11.5 Å². The molecule has 2 N–H and O–H groups in total. The first-order valence-electron chi connectivity index (χ1n) is 6.07. The Morgan fingerprint density at radius 1 is 1.00 bits per heavy atom. The second-order valence-corrected chi connectivity index (χ2v) is 4.43. The summed E-state index contributed by atoms with van der Waals surface area (Å²) in [5, 5.41) is 0. The van der Waals surface area contributed by atoms with Crippen molar-refractivity contribution in [1.29, 1.82) is 0 Å². The first-order chi connectivity index (χ1) is 9.68. The largest absolute Gasteiger partial charge is 0.490 e. The van der Waals surface area contributed by atoms with Crippen molar-refractivity contribution in [3.05, 3.63) is 59.9 Å². The topological polar surface area (TPSA) is 44.5 Å². The summed E-state index contributed by atoms with van der Waals surface area (Å²) in [6.07, 6.45) is 0. The van der Waals surface area contributed by atoms with Gasteiger partial charge in [-0.25, -0.2) is 4.39 Å². The first kappa shape index (κ1) is 14.3. The molecular weight excluding hydrogens is 277 g/mol. The van der Waals surface area contributed by atoms with Crippen molar-refractivity contribution in [3.8, 4) is 11.5 Å². The third-order valence-electron chi connectivity index (χ3n) is 2.57. The van der Waals surface area contributed by atoms with Crippen LogP contribution in [-0.2, 0) is 0 Å². The molecule has 20 heavy (non-hydrogen) atoms. The number of thiocarbonyl (C=S) groups is 1. The Bertz CT molecular complexity index is 590. The number of halogens is 1. The van der Waals surface area contributed by atoms with Crippen LogP contribution < -0.4 is 15.2 Å². The summed E-state index contributed by atoms with van der Waals surface area (Å²) in [6, 6.07) is 13.8. The van der Waals surface area contributed by atoms with Crippen molar-refractivity contribution in [2.24, 2.45) is 5.73 Å². The molecule has 0 aliphatic heterocycles. The molecule has 0 heterocycles. The van der Waals surface area contributed by atoms with Crippen LogP contribution in [0.3, 0.4) is 0 Å². The summed E-state index contributed by atoms with van der Waals surface area (Å²) in [6.45, 7) is 0.616. The van der Waals surface area contributed by atoms with E-state index in [0.717, 1.165) is 5.75 Å². The SMILES string of the molecule is NC(=S)c1c(F)cccc1OCCOc1ccccc1. The third-order valence-corrected chi connectivity index (χ3v) is 2.78. The third kappa shape index (κ3) is 3.68. The second kappa shape index (κ2) is 6.86. The zero-order chi connectivity index (χ0) is 14.4. The second-order valence-electron chi connectivity index (χ2n) is 3.99. The maximum Gasteiger partial charge on any atom is 0.137 e. The average Bonchev–Trinajstić information content (AvgIpc) is 2.44. The molecule has 3 nitrogen and oxygen atoms in total. The zero-order valence-corrected chi connectivity index (χ0v) is 11.5. The van der Waals surface area contributed by atoms with E-state index >= 15 is 0 Å². The molecule has 2 aromatic carbocycles. The van der Waals surface area contributed by atoms with Gasteiger partial charge in [0.15, 0.2) is 0 Å². The lowest BCUT2D eigenvalue weighted by Crippen LogP contribution is -2.16. The lowest BCUT2D eigenvalue weighted by molar-refractivity contribution is 0.216. The zero-order valence-electron chi connectivity index (χ0n) is 10.7. The van der Waals surface area contributed by atoms with E-state index in [1.165, 1.54) is 6.07 Å². The normalized spacial score (nSPS) is 10.1. The van der Waals surface area contributed by atoms with Gasteiger partial charge in [0.05, 0.1) is 5.56 Å². The van der Waals surface area contributed by atoms with Crippen LogP contribution in [0.15, 0.2) is 48.5 Å². The Hall–Kier alpha value is -2.14. The fourth-order valence-corrected chi connectivity index (χ4v) is 1.89. The molecule has 2 rings (SSSR count). The number of rotatable bonds is 6. The van der Waals surface area contributed by atoms with Crippen molar-refractivity contribution in [2.75, 3.05) is 13.2 Å². The lowest BCUT2D eigenvalue weighted by atomic mass is 10.2. The van der Waals surface area contributed by atoms with Gasteiger partial charge in [0.1, 0.15) is 35.5 Å². The summed E-state index contributed by atoms with van der Waals surface area (Å²) >= 11 is 4.82. The lowest BCUT2D eigenvalue weighted by Gasteiger charge is -2.12. The molecule has 0 radical (unpaired) electrons. The Balaban J connectivity index is 1.92. The number of para-hydroxylation sites is 1. The van der Waals surface area contributed by atoms with Gasteiger partial charge in [-0.05, 0) is 24.3 Å². The van der Waals surface area contributed by atoms with Crippen molar-refractivity contribution >= 4 is 17.2 Å². The Kier molecular flexibility index (Phi) is 4.90. The van der Waals surface area contributed by atoms with E-state index in [2.05, 4.69) is 0 Å². The summed E-state index contributed by atoms with van der Waals surface area (Å²) in [5.74, 6) is 0.595. The highest BCUT2D eigenvalue weighted by Crippen LogP contribution is 2.21. The minimum atomic E-state index is -0.487. The highest BCUT2D eigenvalue weighted by atomic mass is 32.1. The maximum absolute atomic E-state index is 13.6.